The van der Waals surface area contributed by atoms with Crippen molar-refractivity contribution in [2.45, 2.75) is 51.2 Å². The minimum absolute atomic E-state index is 0.0513. The molecule has 0 saturated carbocycles. The first-order valence-corrected chi connectivity index (χ1v) is 10.2. The van der Waals surface area contributed by atoms with Gasteiger partial charge in [0.1, 0.15) is 0 Å². The smallest absolute Gasteiger partial charge is 0.242 e. The lowest BCUT2D eigenvalue weighted by atomic mass is 10.3. The topological polar surface area (TPSA) is 63.1 Å². The molecule has 0 aliphatic heterocycles. The molecule has 0 saturated heterocycles. The first kappa shape index (κ1) is 18.5. The van der Waals surface area contributed by atoms with Crippen molar-refractivity contribution in [2.75, 3.05) is 18.6 Å². The zero-order valence-corrected chi connectivity index (χ0v) is 15.0. The van der Waals surface area contributed by atoms with E-state index < -0.39 is 10.0 Å². The maximum absolute atomic E-state index is 12.4. The van der Waals surface area contributed by atoms with E-state index in [1.54, 1.807) is 24.0 Å². The summed E-state index contributed by atoms with van der Waals surface area (Å²) in [6.07, 6.45) is 4.57. The second-order valence-electron chi connectivity index (χ2n) is 5.04. The largest absolute Gasteiger partial charge is 0.349 e. The van der Waals surface area contributed by atoms with Crippen LogP contribution in [0.15, 0.2) is 17.2 Å². The molecule has 0 bridgehead atoms. The summed E-state index contributed by atoms with van der Waals surface area (Å²) in [5, 5.41) is 3.23. The second kappa shape index (κ2) is 8.82. The number of aryl methyl sites for hydroxylation is 1. The third-order valence-electron chi connectivity index (χ3n) is 3.28. The van der Waals surface area contributed by atoms with E-state index in [0.717, 1.165) is 31.0 Å². The highest BCUT2D eigenvalue weighted by Crippen LogP contribution is 2.16. The highest BCUT2D eigenvalue weighted by Gasteiger charge is 2.20. The fourth-order valence-electron chi connectivity index (χ4n) is 2.05. The second-order valence-corrected chi connectivity index (χ2v) is 7.74. The molecule has 21 heavy (non-hydrogen) atoms. The van der Waals surface area contributed by atoms with E-state index in [1.165, 1.54) is 0 Å². The molecule has 0 fully saturated rings. The summed E-state index contributed by atoms with van der Waals surface area (Å²) in [5.74, 6) is 0.950. The normalized spacial score (nSPS) is 13.5. The molecule has 0 aliphatic carbocycles. The number of nitrogens with one attached hydrogen (secondary N) is 2. The summed E-state index contributed by atoms with van der Waals surface area (Å²) in [7, 11) is -3.43. The van der Waals surface area contributed by atoms with Crippen molar-refractivity contribution >= 4 is 21.8 Å². The Hall–Kier alpha value is -0.500. The van der Waals surface area contributed by atoms with E-state index in [4.69, 9.17) is 0 Å². The summed E-state index contributed by atoms with van der Waals surface area (Å²) in [4.78, 5) is 0.355. The average molecular weight is 334 g/mol. The van der Waals surface area contributed by atoms with Gasteiger partial charge in [0.05, 0.1) is 4.90 Å². The summed E-state index contributed by atoms with van der Waals surface area (Å²) in [5.41, 5.74) is 0.997. The lowest BCUT2D eigenvalue weighted by Crippen LogP contribution is -2.32. The molecule has 0 radical (unpaired) electrons. The van der Waals surface area contributed by atoms with Crippen molar-refractivity contribution in [1.82, 2.24) is 14.6 Å². The van der Waals surface area contributed by atoms with Gasteiger partial charge in [0.15, 0.2) is 0 Å². The standard InChI is InChI=1S/C14H27N3O2S2/c1-5-15-10-13-9-14(11-17(13)6-2)21(18,19)16-12(3)7-8-20-4/h9,11-12,15-16H,5-8,10H2,1-4H3. The fraction of sp³-hybridized carbons (Fsp3) is 0.714. The van der Waals surface area contributed by atoms with Crippen LogP contribution in [0.4, 0.5) is 0 Å². The molecule has 1 unspecified atom stereocenters. The SMILES string of the molecule is CCNCc1cc(S(=O)(=O)NC(C)CCSC)cn1CC. The highest BCUT2D eigenvalue weighted by molar-refractivity contribution is 7.98. The highest BCUT2D eigenvalue weighted by atomic mass is 32.2. The van der Waals surface area contributed by atoms with Crippen LogP contribution in [0.3, 0.4) is 0 Å². The summed E-state index contributed by atoms with van der Waals surface area (Å²) in [6, 6.07) is 1.71. The molecule has 122 valence electrons. The third-order valence-corrected chi connectivity index (χ3v) is 5.48. The molecular formula is C14H27N3O2S2. The monoisotopic (exact) mass is 333 g/mol. The molecular weight excluding hydrogens is 306 g/mol. The zero-order valence-electron chi connectivity index (χ0n) is 13.3. The van der Waals surface area contributed by atoms with Crippen molar-refractivity contribution in [2.24, 2.45) is 0 Å². The van der Waals surface area contributed by atoms with E-state index in [9.17, 15) is 8.42 Å². The Kier molecular flexibility index (Phi) is 7.79. The Morgan fingerprint density at radius 1 is 1.38 bits per heavy atom. The van der Waals surface area contributed by atoms with Gasteiger partial charge in [-0.3, -0.25) is 0 Å². The van der Waals surface area contributed by atoms with Crippen molar-refractivity contribution in [1.29, 1.82) is 0 Å². The molecule has 0 amide bonds. The first-order valence-electron chi connectivity index (χ1n) is 7.35. The summed E-state index contributed by atoms with van der Waals surface area (Å²) >= 11 is 1.72. The van der Waals surface area contributed by atoms with Gasteiger partial charge in [-0.25, -0.2) is 13.1 Å². The fourth-order valence-corrected chi connectivity index (χ4v) is 3.98. The van der Waals surface area contributed by atoms with Crippen molar-refractivity contribution in [3.8, 4) is 0 Å². The molecule has 1 aromatic rings. The van der Waals surface area contributed by atoms with Crippen molar-refractivity contribution < 1.29 is 8.42 Å². The van der Waals surface area contributed by atoms with E-state index in [-0.39, 0.29) is 6.04 Å². The first-order chi connectivity index (χ1) is 9.94. The van der Waals surface area contributed by atoms with Crippen LogP contribution in [-0.4, -0.2) is 37.6 Å². The van der Waals surface area contributed by atoms with Gasteiger partial charge in [-0.1, -0.05) is 6.92 Å². The minimum atomic E-state index is -3.43. The van der Waals surface area contributed by atoms with Gasteiger partial charge in [-0.15, -0.1) is 0 Å². The van der Waals surface area contributed by atoms with Gasteiger partial charge in [-0.2, -0.15) is 11.8 Å². The molecule has 1 rings (SSSR count). The Bertz CT molecular complexity index is 526. The van der Waals surface area contributed by atoms with Gasteiger partial charge >= 0.3 is 0 Å². The van der Waals surface area contributed by atoms with Gasteiger partial charge < -0.3 is 9.88 Å². The number of sulfonamides is 1. The molecule has 2 N–H and O–H groups in total. The number of rotatable bonds is 10. The van der Waals surface area contributed by atoms with Crippen molar-refractivity contribution in [3.63, 3.8) is 0 Å². The zero-order chi connectivity index (χ0) is 15.9. The number of aromatic nitrogens is 1. The minimum Gasteiger partial charge on any atom is -0.349 e. The van der Waals surface area contributed by atoms with Crippen LogP contribution < -0.4 is 10.0 Å². The van der Waals surface area contributed by atoms with E-state index in [0.29, 0.717) is 11.4 Å². The molecule has 0 aliphatic rings. The van der Waals surface area contributed by atoms with E-state index in [2.05, 4.69) is 10.0 Å². The quantitative estimate of drug-likeness (QED) is 0.688. The van der Waals surface area contributed by atoms with Crippen LogP contribution in [0.1, 0.15) is 32.9 Å². The molecule has 1 aromatic heterocycles. The molecule has 1 heterocycles. The van der Waals surface area contributed by atoms with Gasteiger partial charge in [0.25, 0.3) is 0 Å². The van der Waals surface area contributed by atoms with Crippen LogP contribution in [0.5, 0.6) is 0 Å². The maximum Gasteiger partial charge on any atom is 0.242 e. The van der Waals surface area contributed by atoms with Gasteiger partial charge in [-0.05, 0) is 44.9 Å². The van der Waals surface area contributed by atoms with E-state index in [1.807, 2.05) is 31.6 Å². The lowest BCUT2D eigenvalue weighted by Gasteiger charge is -2.12. The summed E-state index contributed by atoms with van der Waals surface area (Å²) in [6.45, 7) is 8.26. The molecule has 0 spiro atoms. The third kappa shape index (κ3) is 5.65. The Labute approximate surface area is 132 Å². The predicted octanol–water partition coefficient (Wildman–Crippen LogP) is 2.04. The molecule has 0 aromatic carbocycles. The van der Waals surface area contributed by atoms with Crippen molar-refractivity contribution in [3.05, 3.63) is 18.0 Å². The average Bonchev–Trinajstić information content (AvgIpc) is 2.86. The maximum atomic E-state index is 12.4. The van der Waals surface area contributed by atoms with Gasteiger partial charge in [0, 0.05) is 31.0 Å². The Morgan fingerprint density at radius 2 is 2.10 bits per heavy atom. The van der Waals surface area contributed by atoms with Gasteiger partial charge in [0.2, 0.25) is 10.0 Å². The molecule has 7 heteroatoms. The Morgan fingerprint density at radius 3 is 2.67 bits per heavy atom. The number of hydrogen-bond acceptors (Lipinski definition) is 4. The predicted molar refractivity (Wildman–Crippen MR) is 90.3 cm³/mol. The number of nitrogens with zero attached hydrogens (tertiary/aromatic N) is 1. The van der Waals surface area contributed by atoms with Crippen LogP contribution in [-0.2, 0) is 23.1 Å². The molecule has 5 nitrogen and oxygen atoms in total. The molecule has 1 atom stereocenters. The number of hydrogen-bond donors (Lipinski definition) is 2. The van der Waals surface area contributed by atoms with E-state index >= 15 is 0 Å². The van der Waals surface area contributed by atoms with Crippen LogP contribution >= 0.6 is 11.8 Å². The summed E-state index contributed by atoms with van der Waals surface area (Å²) < 4.78 is 29.5. The number of thioether (sulfide) groups is 1. The van der Waals surface area contributed by atoms with Crippen LogP contribution in [0.2, 0.25) is 0 Å². The lowest BCUT2D eigenvalue weighted by molar-refractivity contribution is 0.556. The van der Waals surface area contributed by atoms with Crippen LogP contribution in [0.25, 0.3) is 0 Å². The van der Waals surface area contributed by atoms with Crippen LogP contribution in [0, 0.1) is 0 Å². The Balaban J connectivity index is 2.85.